The summed E-state index contributed by atoms with van der Waals surface area (Å²) < 4.78 is 5.76. The largest absolute Gasteiger partial charge is 0.507 e. The molecule has 182 valence electrons. The summed E-state index contributed by atoms with van der Waals surface area (Å²) >= 11 is 0. The minimum Gasteiger partial charge on any atom is -0.507 e. The van der Waals surface area contributed by atoms with Gasteiger partial charge in [-0.05, 0) is 72.6 Å². The molecule has 0 aromatic heterocycles. The average Bonchev–Trinajstić information content (AvgIpc) is 3.18. The first-order valence-electron chi connectivity index (χ1n) is 11.9. The van der Waals surface area contributed by atoms with Crippen LogP contribution in [-0.4, -0.2) is 22.9 Å². The Bertz CT molecular complexity index is 1580. The predicted molar refractivity (Wildman–Crippen MR) is 142 cm³/mol. The number of aliphatic hydroxyl groups excluding tert-OH is 1. The standard InChI is InChI=1S/C31H24N2O4/c1-19(2)37-26-15-11-22(12-16-26)28-27(29(34)24-10-9-21-5-3-4-6-23(21)17-24)30(35)31(36)33(28)25-13-7-20(18-32)8-14-25/h3-17,19,28,34H,1-2H3/b29-27-. The minimum atomic E-state index is -0.868. The van der Waals surface area contributed by atoms with Crippen molar-refractivity contribution >= 4 is 33.9 Å². The lowest BCUT2D eigenvalue weighted by molar-refractivity contribution is -0.132. The SMILES string of the molecule is CC(C)Oc1ccc(C2/C(=C(/O)c3ccc4ccccc4c3)C(=O)C(=O)N2c2ccc(C#N)cc2)cc1. The summed E-state index contributed by atoms with van der Waals surface area (Å²) in [6.07, 6.45) is -0.0111. The fraction of sp³-hybridized carbons (Fsp3) is 0.129. The topological polar surface area (TPSA) is 90.6 Å². The molecule has 0 spiro atoms. The number of carbonyl (C=O) groups excluding carboxylic acids is 2. The first-order valence-corrected chi connectivity index (χ1v) is 11.9. The Morgan fingerprint density at radius 2 is 1.59 bits per heavy atom. The lowest BCUT2D eigenvalue weighted by Gasteiger charge is -2.25. The molecule has 4 aromatic carbocycles. The van der Waals surface area contributed by atoms with Crippen LogP contribution in [0, 0.1) is 11.3 Å². The van der Waals surface area contributed by atoms with Crippen molar-refractivity contribution in [2.24, 2.45) is 0 Å². The number of aliphatic hydroxyl groups is 1. The van der Waals surface area contributed by atoms with Gasteiger partial charge < -0.3 is 9.84 Å². The number of benzene rings is 4. The zero-order valence-corrected chi connectivity index (χ0v) is 20.4. The van der Waals surface area contributed by atoms with E-state index in [1.54, 1.807) is 60.7 Å². The van der Waals surface area contributed by atoms with Gasteiger partial charge in [-0.15, -0.1) is 0 Å². The van der Waals surface area contributed by atoms with E-state index >= 15 is 0 Å². The van der Waals surface area contributed by atoms with Crippen LogP contribution >= 0.6 is 0 Å². The molecule has 1 amide bonds. The lowest BCUT2D eigenvalue weighted by atomic mass is 9.94. The molecule has 5 rings (SSSR count). The Kier molecular flexibility index (Phi) is 6.21. The quantitative estimate of drug-likeness (QED) is 0.207. The monoisotopic (exact) mass is 488 g/mol. The highest BCUT2D eigenvalue weighted by Crippen LogP contribution is 2.42. The Hall–Kier alpha value is -4.89. The van der Waals surface area contributed by atoms with Crippen molar-refractivity contribution < 1.29 is 19.4 Å². The van der Waals surface area contributed by atoms with Crippen molar-refractivity contribution in [2.75, 3.05) is 4.90 Å². The number of ketones is 1. The van der Waals surface area contributed by atoms with Crippen LogP contribution in [0.5, 0.6) is 5.75 Å². The average molecular weight is 489 g/mol. The summed E-state index contributed by atoms with van der Waals surface area (Å²) in [5.74, 6) is -1.11. The molecule has 4 aromatic rings. The maximum absolute atomic E-state index is 13.4. The van der Waals surface area contributed by atoms with Crippen LogP contribution in [0.2, 0.25) is 0 Å². The van der Waals surface area contributed by atoms with Crippen LogP contribution in [0.15, 0.2) is 96.6 Å². The summed E-state index contributed by atoms with van der Waals surface area (Å²) in [5.41, 5.74) is 1.97. The first-order chi connectivity index (χ1) is 17.9. The number of hydrogen-bond acceptors (Lipinski definition) is 5. The molecule has 6 heteroatoms. The molecule has 1 aliphatic rings. The fourth-order valence-electron chi connectivity index (χ4n) is 4.60. The molecule has 1 atom stereocenters. The highest BCUT2D eigenvalue weighted by molar-refractivity contribution is 6.51. The van der Waals surface area contributed by atoms with Crippen molar-refractivity contribution in [3.8, 4) is 11.8 Å². The normalized spacial score (nSPS) is 16.8. The maximum Gasteiger partial charge on any atom is 0.300 e. The molecular weight excluding hydrogens is 464 g/mol. The van der Waals surface area contributed by atoms with Crippen LogP contribution in [0.3, 0.4) is 0 Å². The highest BCUT2D eigenvalue weighted by atomic mass is 16.5. The first kappa shape index (κ1) is 23.8. The number of Topliss-reactive ketones (excluding diaryl/α,β-unsaturated/α-hetero) is 1. The van der Waals surface area contributed by atoms with Gasteiger partial charge in [-0.3, -0.25) is 14.5 Å². The fourth-order valence-corrected chi connectivity index (χ4v) is 4.60. The smallest absolute Gasteiger partial charge is 0.300 e. The van der Waals surface area contributed by atoms with E-state index in [4.69, 9.17) is 4.74 Å². The molecule has 0 saturated carbocycles. The number of anilines is 1. The van der Waals surface area contributed by atoms with Crippen LogP contribution in [0.25, 0.3) is 16.5 Å². The molecule has 0 radical (unpaired) electrons. The van der Waals surface area contributed by atoms with E-state index in [2.05, 4.69) is 6.07 Å². The molecule has 1 unspecified atom stereocenters. The molecule has 1 aliphatic heterocycles. The van der Waals surface area contributed by atoms with Gasteiger partial charge in [0.05, 0.1) is 29.4 Å². The van der Waals surface area contributed by atoms with E-state index in [1.165, 1.54) is 4.90 Å². The van der Waals surface area contributed by atoms with Crippen molar-refractivity contribution in [3.63, 3.8) is 0 Å². The molecule has 6 nitrogen and oxygen atoms in total. The number of nitriles is 1. The van der Waals surface area contributed by atoms with E-state index in [1.807, 2.05) is 44.2 Å². The van der Waals surface area contributed by atoms with Gasteiger partial charge in [-0.1, -0.05) is 48.5 Å². The molecule has 0 aliphatic carbocycles. The van der Waals surface area contributed by atoms with Gasteiger partial charge in [0.2, 0.25) is 0 Å². The summed E-state index contributed by atoms with van der Waals surface area (Å²) in [6, 6.07) is 27.9. The second-order valence-corrected chi connectivity index (χ2v) is 9.13. The summed E-state index contributed by atoms with van der Waals surface area (Å²) in [7, 11) is 0. The van der Waals surface area contributed by atoms with Crippen LogP contribution in [0.1, 0.15) is 36.6 Å². The molecular formula is C31H24N2O4. The molecule has 1 fully saturated rings. The van der Waals surface area contributed by atoms with Crippen LogP contribution in [-0.2, 0) is 9.59 Å². The zero-order chi connectivity index (χ0) is 26.1. The molecule has 1 saturated heterocycles. The molecule has 1 heterocycles. The van der Waals surface area contributed by atoms with Crippen molar-refractivity contribution in [2.45, 2.75) is 26.0 Å². The molecule has 37 heavy (non-hydrogen) atoms. The Morgan fingerprint density at radius 1 is 0.919 bits per heavy atom. The summed E-state index contributed by atoms with van der Waals surface area (Å²) in [6.45, 7) is 3.86. The van der Waals surface area contributed by atoms with E-state index in [0.29, 0.717) is 28.1 Å². The van der Waals surface area contributed by atoms with E-state index in [0.717, 1.165) is 10.8 Å². The minimum absolute atomic E-state index is 0.00201. The number of fused-ring (bicyclic) bond motifs is 1. The van der Waals surface area contributed by atoms with E-state index < -0.39 is 17.7 Å². The van der Waals surface area contributed by atoms with E-state index in [-0.39, 0.29) is 17.4 Å². The number of rotatable bonds is 5. The lowest BCUT2D eigenvalue weighted by Crippen LogP contribution is -2.29. The van der Waals surface area contributed by atoms with Gasteiger partial charge in [0.25, 0.3) is 11.7 Å². The number of hydrogen-bond donors (Lipinski definition) is 1. The molecule has 0 bridgehead atoms. The van der Waals surface area contributed by atoms with Gasteiger partial charge in [-0.25, -0.2) is 0 Å². The molecule has 1 N–H and O–H groups in total. The Labute approximate surface area is 214 Å². The number of amides is 1. The second-order valence-electron chi connectivity index (χ2n) is 9.13. The number of nitrogens with zero attached hydrogens (tertiary/aromatic N) is 2. The second kappa shape index (κ2) is 9.63. The van der Waals surface area contributed by atoms with Crippen LogP contribution < -0.4 is 9.64 Å². The Balaban J connectivity index is 1.68. The highest BCUT2D eigenvalue weighted by Gasteiger charge is 2.47. The van der Waals surface area contributed by atoms with Gasteiger partial charge in [-0.2, -0.15) is 5.26 Å². The van der Waals surface area contributed by atoms with Crippen LogP contribution in [0.4, 0.5) is 5.69 Å². The van der Waals surface area contributed by atoms with Crippen molar-refractivity contribution in [1.29, 1.82) is 5.26 Å². The van der Waals surface area contributed by atoms with Gasteiger partial charge in [0, 0.05) is 11.3 Å². The van der Waals surface area contributed by atoms with Crippen molar-refractivity contribution in [1.82, 2.24) is 0 Å². The van der Waals surface area contributed by atoms with Gasteiger partial charge >= 0.3 is 0 Å². The number of carbonyl (C=O) groups is 2. The summed E-state index contributed by atoms with van der Waals surface area (Å²) in [5, 5.41) is 22.5. The van der Waals surface area contributed by atoms with E-state index in [9.17, 15) is 20.0 Å². The zero-order valence-electron chi connectivity index (χ0n) is 20.4. The van der Waals surface area contributed by atoms with Gasteiger partial charge in [0.15, 0.2) is 0 Å². The Morgan fingerprint density at radius 3 is 2.24 bits per heavy atom. The predicted octanol–water partition coefficient (Wildman–Crippen LogP) is 6.12. The third-order valence-electron chi connectivity index (χ3n) is 6.31. The van der Waals surface area contributed by atoms with Crippen molar-refractivity contribution in [3.05, 3.63) is 113 Å². The van der Waals surface area contributed by atoms with Gasteiger partial charge in [0.1, 0.15) is 11.5 Å². The number of ether oxygens (including phenoxy) is 1. The summed E-state index contributed by atoms with van der Waals surface area (Å²) in [4.78, 5) is 28.1. The third kappa shape index (κ3) is 4.43. The maximum atomic E-state index is 13.4. The third-order valence-corrected chi connectivity index (χ3v) is 6.31.